The first-order valence-corrected chi connectivity index (χ1v) is 8.01. The molecule has 1 amide bonds. The summed E-state index contributed by atoms with van der Waals surface area (Å²) in [6.45, 7) is 5.18. The van der Waals surface area contributed by atoms with E-state index in [0.29, 0.717) is 22.5 Å². The predicted molar refractivity (Wildman–Crippen MR) is 97.4 cm³/mol. The Hall–Kier alpha value is -3.21. The Kier molecular flexibility index (Phi) is 4.48. The van der Waals surface area contributed by atoms with Crippen molar-refractivity contribution in [1.29, 1.82) is 0 Å². The number of carbonyl (C=O) groups is 2. The molecule has 0 unspecified atom stereocenters. The highest BCUT2D eigenvalue weighted by atomic mass is 16.1. The van der Waals surface area contributed by atoms with Gasteiger partial charge >= 0.3 is 0 Å². The molecule has 0 spiro atoms. The molecule has 0 aliphatic rings. The van der Waals surface area contributed by atoms with Crippen LogP contribution >= 0.6 is 0 Å². The van der Waals surface area contributed by atoms with E-state index in [1.807, 2.05) is 44.2 Å². The van der Waals surface area contributed by atoms with Crippen molar-refractivity contribution >= 4 is 17.4 Å². The number of rotatable bonds is 4. The quantitative estimate of drug-likeness (QED) is 0.735. The monoisotopic (exact) mass is 333 g/mol. The zero-order chi connectivity index (χ0) is 18.0. The van der Waals surface area contributed by atoms with Crippen molar-refractivity contribution in [3.8, 4) is 5.69 Å². The molecule has 3 aromatic rings. The van der Waals surface area contributed by atoms with Crippen LogP contribution in [0.4, 0.5) is 5.69 Å². The van der Waals surface area contributed by atoms with Gasteiger partial charge in [0.2, 0.25) is 0 Å². The first kappa shape index (κ1) is 16.6. The third-order valence-electron chi connectivity index (χ3n) is 4.05. The van der Waals surface area contributed by atoms with Crippen molar-refractivity contribution < 1.29 is 9.59 Å². The molecule has 0 radical (unpaired) electrons. The van der Waals surface area contributed by atoms with Gasteiger partial charge in [0.15, 0.2) is 5.78 Å². The van der Waals surface area contributed by atoms with Gasteiger partial charge in [-0.3, -0.25) is 9.59 Å². The molecule has 5 heteroatoms. The first-order valence-electron chi connectivity index (χ1n) is 8.01. The summed E-state index contributed by atoms with van der Waals surface area (Å²) in [5.41, 5.74) is 4.01. The molecule has 0 bridgehead atoms. The van der Waals surface area contributed by atoms with Crippen molar-refractivity contribution in [2.45, 2.75) is 20.8 Å². The topological polar surface area (TPSA) is 64.0 Å². The molecule has 3 rings (SSSR count). The summed E-state index contributed by atoms with van der Waals surface area (Å²) in [5, 5.41) is 7.35. The summed E-state index contributed by atoms with van der Waals surface area (Å²) in [6, 6.07) is 16.6. The van der Waals surface area contributed by atoms with Gasteiger partial charge in [0.05, 0.1) is 22.6 Å². The highest BCUT2D eigenvalue weighted by Gasteiger charge is 2.19. The Morgan fingerprint density at radius 1 is 1.00 bits per heavy atom. The summed E-state index contributed by atoms with van der Waals surface area (Å²) in [6.07, 6.45) is 0. The molecule has 2 aromatic carbocycles. The van der Waals surface area contributed by atoms with Gasteiger partial charge in [-0.15, -0.1) is 0 Å². The molecule has 1 aromatic heterocycles. The van der Waals surface area contributed by atoms with Gasteiger partial charge in [0.25, 0.3) is 5.91 Å². The molecule has 0 saturated heterocycles. The van der Waals surface area contributed by atoms with Crippen LogP contribution in [-0.2, 0) is 0 Å². The second kappa shape index (κ2) is 6.73. The highest BCUT2D eigenvalue weighted by molar-refractivity contribution is 6.06. The van der Waals surface area contributed by atoms with Gasteiger partial charge in [0, 0.05) is 11.3 Å². The number of benzene rings is 2. The summed E-state index contributed by atoms with van der Waals surface area (Å²) in [5.74, 6) is -0.279. The normalized spacial score (nSPS) is 10.5. The number of amides is 1. The molecule has 0 fully saturated rings. The lowest BCUT2D eigenvalue weighted by Crippen LogP contribution is -2.14. The predicted octanol–water partition coefficient (Wildman–Crippen LogP) is 3.94. The summed E-state index contributed by atoms with van der Waals surface area (Å²) < 4.78 is 1.76. The van der Waals surface area contributed by atoms with E-state index in [2.05, 4.69) is 10.4 Å². The molecule has 0 aliphatic heterocycles. The number of hydrogen-bond acceptors (Lipinski definition) is 3. The number of carbonyl (C=O) groups excluding carboxylic acids is 2. The van der Waals surface area contributed by atoms with Gasteiger partial charge in [-0.25, -0.2) is 4.68 Å². The smallest absolute Gasteiger partial charge is 0.259 e. The number of ketones is 1. The number of aryl methyl sites for hydroxylation is 1. The van der Waals surface area contributed by atoms with E-state index in [4.69, 9.17) is 0 Å². The number of nitrogens with zero attached hydrogens (tertiary/aromatic N) is 2. The summed E-state index contributed by atoms with van der Waals surface area (Å²) in [7, 11) is 0. The first-order chi connectivity index (χ1) is 12.0. The molecular formula is C20H19N3O2. The van der Waals surface area contributed by atoms with E-state index >= 15 is 0 Å². The summed E-state index contributed by atoms with van der Waals surface area (Å²) >= 11 is 0. The van der Waals surface area contributed by atoms with Crippen LogP contribution in [0.2, 0.25) is 0 Å². The van der Waals surface area contributed by atoms with Gasteiger partial charge in [-0.05, 0) is 45.0 Å². The number of anilines is 1. The van der Waals surface area contributed by atoms with Crippen LogP contribution in [0.3, 0.4) is 0 Å². The van der Waals surface area contributed by atoms with E-state index in [-0.39, 0.29) is 11.7 Å². The third-order valence-corrected chi connectivity index (χ3v) is 4.05. The van der Waals surface area contributed by atoms with Crippen molar-refractivity contribution in [2.24, 2.45) is 0 Å². The van der Waals surface area contributed by atoms with Gasteiger partial charge in [0.1, 0.15) is 0 Å². The van der Waals surface area contributed by atoms with Crippen LogP contribution < -0.4 is 5.32 Å². The van der Waals surface area contributed by atoms with Crippen LogP contribution in [-0.4, -0.2) is 21.5 Å². The maximum Gasteiger partial charge on any atom is 0.259 e. The van der Waals surface area contributed by atoms with Crippen LogP contribution in [0.5, 0.6) is 0 Å². The Balaban J connectivity index is 1.92. The molecule has 0 atom stereocenters. The van der Waals surface area contributed by atoms with E-state index < -0.39 is 0 Å². The Morgan fingerprint density at radius 3 is 2.40 bits per heavy atom. The van der Waals surface area contributed by atoms with Gasteiger partial charge in [-0.1, -0.05) is 30.3 Å². The number of nitrogens with one attached hydrogen (secondary N) is 1. The zero-order valence-electron chi connectivity index (χ0n) is 14.4. The van der Waals surface area contributed by atoms with Crippen LogP contribution in [0.1, 0.15) is 39.0 Å². The lowest BCUT2D eigenvalue weighted by atomic mass is 10.1. The number of para-hydroxylation sites is 1. The van der Waals surface area contributed by atoms with E-state index in [1.54, 1.807) is 28.9 Å². The minimum atomic E-state index is -0.238. The van der Waals surface area contributed by atoms with Crippen LogP contribution in [0, 0.1) is 13.8 Å². The molecule has 5 nitrogen and oxygen atoms in total. The lowest BCUT2D eigenvalue weighted by Gasteiger charge is -2.08. The Labute approximate surface area is 146 Å². The largest absolute Gasteiger partial charge is 0.322 e. The van der Waals surface area contributed by atoms with Crippen LogP contribution in [0.25, 0.3) is 5.69 Å². The van der Waals surface area contributed by atoms with E-state index in [9.17, 15) is 9.59 Å². The standard InChI is InChI=1S/C20H19N3O2/c1-13-19(14(2)23(22-13)18-10-5-4-6-11-18)20(25)21-17-9-7-8-16(12-17)15(3)24/h4-12H,1-3H3,(H,21,25). The van der Waals surface area contributed by atoms with Gasteiger partial charge < -0.3 is 5.32 Å². The lowest BCUT2D eigenvalue weighted by molar-refractivity contribution is 0.101. The average molecular weight is 333 g/mol. The van der Waals surface area contributed by atoms with E-state index in [1.165, 1.54) is 6.92 Å². The number of aromatic nitrogens is 2. The van der Waals surface area contributed by atoms with Crippen LogP contribution in [0.15, 0.2) is 54.6 Å². The fraction of sp³-hybridized carbons (Fsp3) is 0.150. The van der Waals surface area contributed by atoms with Crippen molar-refractivity contribution in [3.05, 3.63) is 77.1 Å². The fourth-order valence-electron chi connectivity index (χ4n) is 2.80. The maximum absolute atomic E-state index is 12.7. The minimum Gasteiger partial charge on any atom is -0.322 e. The fourth-order valence-corrected chi connectivity index (χ4v) is 2.80. The number of hydrogen-bond donors (Lipinski definition) is 1. The molecule has 0 aliphatic carbocycles. The molecule has 1 N–H and O–H groups in total. The average Bonchev–Trinajstić information content (AvgIpc) is 2.90. The number of Topliss-reactive ketones (excluding diaryl/α,β-unsaturated/α-hetero) is 1. The second-order valence-corrected chi connectivity index (χ2v) is 5.88. The molecule has 1 heterocycles. The van der Waals surface area contributed by atoms with E-state index in [0.717, 1.165) is 11.4 Å². The minimum absolute atomic E-state index is 0.0413. The SMILES string of the molecule is CC(=O)c1cccc(NC(=O)c2c(C)nn(-c3ccccc3)c2C)c1. The Bertz CT molecular complexity index is 943. The molecule has 25 heavy (non-hydrogen) atoms. The van der Waals surface area contributed by atoms with Crippen molar-refractivity contribution in [1.82, 2.24) is 9.78 Å². The third kappa shape index (κ3) is 3.35. The second-order valence-electron chi connectivity index (χ2n) is 5.88. The van der Waals surface area contributed by atoms with Crippen molar-refractivity contribution in [3.63, 3.8) is 0 Å². The molecule has 126 valence electrons. The molecular weight excluding hydrogens is 314 g/mol. The maximum atomic E-state index is 12.7. The Morgan fingerprint density at radius 2 is 1.72 bits per heavy atom. The highest BCUT2D eigenvalue weighted by Crippen LogP contribution is 2.20. The van der Waals surface area contributed by atoms with Crippen molar-refractivity contribution in [2.75, 3.05) is 5.32 Å². The molecule has 0 saturated carbocycles. The summed E-state index contributed by atoms with van der Waals surface area (Å²) in [4.78, 5) is 24.2. The zero-order valence-corrected chi connectivity index (χ0v) is 14.4. The van der Waals surface area contributed by atoms with Gasteiger partial charge in [-0.2, -0.15) is 5.10 Å².